The average molecular weight is 257 g/mol. The zero-order valence-corrected chi connectivity index (χ0v) is 11.9. The van der Waals surface area contributed by atoms with Gasteiger partial charge in [0.1, 0.15) is 5.60 Å². The molecule has 1 N–H and O–H groups in total. The topological polar surface area (TPSA) is 49.8 Å². The molecule has 1 fully saturated rings. The first-order chi connectivity index (χ1) is 8.42. The van der Waals surface area contributed by atoms with Gasteiger partial charge >= 0.3 is 5.97 Å². The van der Waals surface area contributed by atoms with Gasteiger partial charge in [0.2, 0.25) is 0 Å². The van der Waals surface area contributed by atoms with Gasteiger partial charge in [0, 0.05) is 12.5 Å². The second-order valence-electron chi connectivity index (χ2n) is 6.06. The van der Waals surface area contributed by atoms with Gasteiger partial charge in [-0.15, -0.1) is 0 Å². The Kier molecular flexibility index (Phi) is 6.09. The number of carbonyl (C=O) groups is 1. The third-order valence-electron chi connectivity index (χ3n) is 3.21. The van der Waals surface area contributed by atoms with Crippen molar-refractivity contribution in [2.45, 2.75) is 64.5 Å². The van der Waals surface area contributed by atoms with E-state index in [2.05, 4.69) is 4.90 Å². The van der Waals surface area contributed by atoms with E-state index in [-0.39, 0.29) is 18.2 Å². The molecule has 1 saturated heterocycles. The van der Waals surface area contributed by atoms with Crippen molar-refractivity contribution in [3.05, 3.63) is 0 Å². The number of aliphatic hydroxyl groups is 1. The molecule has 0 aromatic carbocycles. The second-order valence-corrected chi connectivity index (χ2v) is 6.06. The number of rotatable bonds is 6. The van der Waals surface area contributed by atoms with Crippen LogP contribution >= 0.6 is 0 Å². The van der Waals surface area contributed by atoms with Crippen LogP contribution in [0.15, 0.2) is 0 Å². The van der Waals surface area contributed by atoms with Crippen LogP contribution in [0, 0.1) is 0 Å². The number of hydrogen-bond donors (Lipinski definition) is 1. The van der Waals surface area contributed by atoms with Gasteiger partial charge in [-0.2, -0.15) is 0 Å². The summed E-state index contributed by atoms with van der Waals surface area (Å²) in [4.78, 5) is 13.8. The molecule has 0 amide bonds. The monoisotopic (exact) mass is 257 g/mol. The SMILES string of the molecule is CC(C)(C)OC(=O)CCCCN1CCC[C@@H]1CO. The predicted octanol–water partition coefficient (Wildman–Crippen LogP) is 1.96. The highest BCUT2D eigenvalue weighted by atomic mass is 16.6. The van der Waals surface area contributed by atoms with Gasteiger partial charge in [0.05, 0.1) is 6.61 Å². The highest BCUT2D eigenvalue weighted by Gasteiger charge is 2.23. The van der Waals surface area contributed by atoms with Gasteiger partial charge in [0.25, 0.3) is 0 Å². The quantitative estimate of drug-likeness (QED) is 0.584. The number of ether oxygens (including phenoxy) is 1. The summed E-state index contributed by atoms with van der Waals surface area (Å²) in [5.41, 5.74) is -0.381. The number of likely N-dealkylation sites (tertiary alicyclic amines) is 1. The fraction of sp³-hybridized carbons (Fsp3) is 0.929. The van der Waals surface area contributed by atoms with Crippen LogP contribution in [-0.2, 0) is 9.53 Å². The molecular formula is C14H27NO3. The molecule has 0 aromatic rings. The number of hydrogen-bond acceptors (Lipinski definition) is 4. The predicted molar refractivity (Wildman–Crippen MR) is 71.4 cm³/mol. The van der Waals surface area contributed by atoms with Gasteiger partial charge in [-0.1, -0.05) is 0 Å². The number of esters is 1. The van der Waals surface area contributed by atoms with E-state index in [0.717, 1.165) is 32.4 Å². The standard InChI is InChI=1S/C14H27NO3/c1-14(2,3)18-13(17)8-4-5-9-15-10-6-7-12(15)11-16/h12,16H,4-11H2,1-3H3/t12-/m1/s1. The van der Waals surface area contributed by atoms with Crippen molar-refractivity contribution in [1.29, 1.82) is 0 Å². The van der Waals surface area contributed by atoms with Crippen molar-refractivity contribution in [2.24, 2.45) is 0 Å². The lowest BCUT2D eigenvalue weighted by molar-refractivity contribution is -0.154. The number of carbonyl (C=O) groups excluding carboxylic acids is 1. The summed E-state index contributed by atoms with van der Waals surface area (Å²) in [7, 11) is 0. The molecule has 1 atom stereocenters. The molecular weight excluding hydrogens is 230 g/mol. The van der Waals surface area contributed by atoms with E-state index in [1.165, 1.54) is 6.42 Å². The Morgan fingerprint density at radius 3 is 2.72 bits per heavy atom. The van der Waals surface area contributed by atoms with Crippen LogP contribution in [0.3, 0.4) is 0 Å². The molecule has 1 aliphatic rings. The van der Waals surface area contributed by atoms with Crippen molar-refractivity contribution < 1.29 is 14.6 Å². The van der Waals surface area contributed by atoms with Crippen LogP contribution in [-0.4, -0.2) is 47.3 Å². The summed E-state index contributed by atoms with van der Waals surface area (Å²) < 4.78 is 5.26. The Balaban J connectivity index is 2.10. The van der Waals surface area contributed by atoms with Crippen molar-refractivity contribution in [1.82, 2.24) is 4.90 Å². The summed E-state index contributed by atoms with van der Waals surface area (Å²) in [6, 6.07) is 0.339. The molecule has 106 valence electrons. The van der Waals surface area contributed by atoms with Crippen LogP contribution in [0.25, 0.3) is 0 Å². The van der Waals surface area contributed by atoms with E-state index < -0.39 is 0 Å². The van der Waals surface area contributed by atoms with E-state index in [1.54, 1.807) is 0 Å². The molecule has 0 aliphatic carbocycles. The summed E-state index contributed by atoms with van der Waals surface area (Å²) in [6.45, 7) is 7.99. The largest absolute Gasteiger partial charge is 0.460 e. The Morgan fingerprint density at radius 1 is 1.39 bits per heavy atom. The third kappa shape index (κ3) is 5.83. The molecule has 1 heterocycles. The fourth-order valence-corrected chi connectivity index (χ4v) is 2.37. The molecule has 18 heavy (non-hydrogen) atoms. The normalized spacial score (nSPS) is 21.2. The van der Waals surface area contributed by atoms with E-state index in [0.29, 0.717) is 12.5 Å². The summed E-state index contributed by atoms with van der Waals surface area (Å²) in [5, 5.41) is 9.19. The van der Waals surface area contributed by atoms with Crippen LogP contribution in [0.4, 0.5) is 0 Å². The highest BCUT2D eigenvalue weighted by molar-refractivity contribution is 5.69. The second kappa shape index (κ2) is 7.10. The van der Waals surface area contributed by atoms with Crippen molar-refractivity contribution in [2.75, 3.05) is 19.7 Å². The smallest absolute Gasteiger partial charge is 0.306 e. The highest BCUT2D eigenvalue weighted by Crippen LogP contribution is 2.17. The van der Waals surface area contributed by atoms with Crippen LogP contribution < -0.4 is 0 Å². The van der Waals surface area contributed by atoms with E-state index in [4.69, 9.17) is 4.74 Å². The summed E-state index contributed by atoms with van der Waals surface area (Å²) >= 11 is 0. The Bertz CT molecular complexity index is 260. The molecule has 0 radical (unpaired) electrons. The minimum atomic E-state index is -0.381. The Labute approximate surface area is 110 Å². The summed E-state index contributed by atoms with van der Waals surface area (Å²) in [5.74, 6) is -0.109. The minimum Gasteiger partial charge on any atom is -0.460 e. The van der Waals surface area contributed by atoms with E-state index >= 15 is 0 Å². The molecule has 0 saturated carbocycles. The van der Waals surface area contributed by atoms with Gasteiger partial charge in [-0.25, -0.2) is 0 Å². The van der Waals surface area contributed by atoms with Gasteiger partial charge in [-0.05, 0) is 59.5 Å². The van der Waals surface area contributed by atoms with Crippen LogP contribution in [0.5, 0.6) is 0 Å². The van der Waals surface area contributed by atoms with E-state index in [9.17, 15) is 9.90 Å². The van der Waals surface area contributed by atoms with Gasteiger partial charge in [-0.3, -0.25) is 9.69 Å². The zero-order valence-electron chi connectivity index (χ0n) is 11.9. The average Bonchev–Trinajstić information content (AvgIpc) is 2.69. The van der Waals surface area contributed by atoms with Crippen LogP contribution in [0.2, 0.25) is 0 Å². The molecule has 4 nitrogen and oxygen atoms in total. The maximum atomic E-state index is 11.5. The third-order valence-corrected chi connectivity index (χ3v) is 3.21. The molecule has 1 aliphatic heterocycles. The lowest BCUT2D eigenvalue weighted by Crippen LogP contribution is -2.33. The summed E-state index contributed by atoms with van der Waals surface area (Å²) in [6.07, 6.45) is 4.63. The molecule has 1 rings (SSSR count). The molecule has 4 heteroatoms. The number of aliphatic hydroxyl groups excluding tert-OH is 1. The molecule has 0 aromatic heterocycles. The number of nitrogens with zero attached hydrogens (tertiary/aromatic N) is 1. The first kappa shape index (κ1) is 15.4. The van der Waals surface area contributed by atoms with E-state index in [1.807, 2.05) is 20.8 Å². The Morgan fingerprint density at radius 2 is 2.11 bits per heavy atom. The number of unbranched alkanes of at least 4 members (excludes halogenated alkanes) is 1. The molecule has 0 spiro atoms. The first-order valence-electron chi connectivity index (χ1n) is 6.99. The van der Waals surface area contributed by atoms with Gasteiger partial charge < -0.3 is 9.84 Å². The first-order valence-corrected chi connectivity index (χ1v) is 6.99. The zero-order chi connectivity index (χ0) is 13.6. The molecule has 0 unspecified atom stereocenters. The lowest BCUT2D eigenvalue weighted by Gasteiger charge is -2.22. The fourth-order valence-electron chi connectivity index (χ4n) is 2.37. The van der Waals surface area contributed by atoms with Crippen molar-refractivity contribution in [3.63, 3.8) is 0 Å². The van der Waals surface area contributed by atoms with Crippen LogP contribution in [0.1, 0.15) is 52.9 Å². The van der Waals surface area contributed by atoms with Crippen molar-refractivity contribution in [3.8, 4) is 0 Å². The van der Waals surface area contributed by atoms with Crippen molar-refractivity contribution >= 4 is 5.97 Å². The minimum absolute atomic E-state index is 0.109. The van der Waals surface area contributed by atoms with Gasteiger partial charge in [0.15, 0.2) is 0 Å². The maximum absolute atomic E-state index is 11.5. The lowest BCUT2D eigenvalue weighted by atomic mass is 10.2. The molecule has 0 bridgehead atoms. The Hall–Kier alpha value is -0.610. The maximum Gasteiger partial charge on any atom is 0.306 e.